The summed E-state index contributed by atoms with van der Waals surface area (Å²) in [7, 11) is 0. The molecular formula is C33H42Br2Zr. The zero-order valence-electron chi connectivity index (χ0n) is 23.0. The van der Waals surface area contributed by atoms with Crippen LogP contribution in [0.2, 0.25) is 0 Å². The maximum atomic E-state index is 2.56. The summed E-state index contributed by atoms with van der Waals surface area (Å²) in [5.41, 5.74) is 9.64. The van der Waals surface area contributed by atoms with Crippen molar-refractivity contribution in [1.82, 2.24) is 0 Å². The van der Waals surface area contributed by atoms with Crippen LogP contribution < -0.4 is 34.0 Å². The number of hydrogen-bond donors (Lipinski definition) is 0. The van der Waals surface area contributed by atoms with Gasteiger partial charge in [-0.25, -0.2) is 0 Å². The fourth-order valence-electron chi connectivity index (χ4n) is 6.18. The minimum Gasteiger partial charge on any atom is -1.00 e. The summed E-state index contributed by atoms with van der Waals surface area (Å²) in [5, 5.41) is 0. The van der Waals surface area contributed by atoms with E-state index in [0.717, 1.165) is 0 Å². The summed E-state index contributed by atoms with van der Waals surface area (Å²) in [5.74, 6) is 0. The van der Waals surface area contributed by atoms with Crippen molar-refractivity contribution in [3.8, 4) is 11.1 Å². The van der Waals surface area contributed by atoms with Gasteiger partial charge in [-0.1, -0.05) is 0 Å². The Morgan fingerprint density at radius 1 is 0.694 bits per heavy atom. The predicted molar refractivity (Wildman–Crippen MR) is 146 cm³/mol. The molecule has 0 N–H and O–H groups in total. The van der Waals surface area contributed by atoms with Gasteiger partial charge >= 0.3 is 217 Å². The van der Waals surface area contributed by atoms with E-state index in [2.05, 4.69) is 96.2 Å². The Morgan fingerprint density at radius 3 is 1.61 bits per heavy atom. The second-order valence-corrected chi connectivity index (χ2v) is 19.6. The van der Waals surface area contributed by atoms with Crippen LogP contribution in [0.15, 0.2) is 57.9 Å². The SMILES string of the molecule is CC(C)(C)c1ccc2c(c1)-c1cc(C(C)(C)C)ccc1[CH]2[Zr+2]([C]1=CC=CC1)=[C]1CCCCCC1.[Br-].[Br-]. The van der Waals surface area contributed by atoms with E-state index in [1.165, 1.54) is 67.2 Å². The van der Waals surface area contributed by atoms with Crippen LogP contribution in [0.4, 0.5) is 0 Å². The van der Waals surface area contributed by atoms with Crippen LogP contribution in [0.3, 0.4) is 0 Å². The largest absolute Gasteiger partial charge is 1.00 e. The van der Waals surface area contributed by atoms with E-state index in [9.17, 15) is 0 Å². The zero-order valence-corrected chi connectivity index (χ0v) is 28.6. The molecule has 3 aliphatic rings. The quantitative estimate of drug-likeness (QED) is 0.425. The Morgan fingerprint density at radius 2 is 1.19 bits per heavy atom. The normalized spacial score (nSPS) is 17.2. The van der Waals surface area contributed by atoms with Crippen LogP contribution in [0.25, 0.3) is 11.1 Å². The van der Waals surface area contributed by atoms with Gasteiger partial charge in [-0.3, -0.25) is 0 Å². The Kier molecular flexibility index (Phi) is 9.89. The van der Waals surface area contributed by atoms with Crippen molar-refractivity contribution in [2.24, 2.45) is 0 Å². The molecule has 0 aliphatic heterocycles. The summed E-state index contributed by atoms with van der Waals surface area (Å²) in [6, 6.07) is 15.1. The average molecular weight is 690 g/mol. The maximum absolute atomic E-state index is 2.56. The molecule has 0 amide bonds. The van der Waals surface area contributed by atoms with Crippen molar-refractivity contribution in [1.29, 1.82) is 0 Å². The smallest absolute Gasteiger partial charge is 1.00 e. The Balaban J connectivity index is 0.00000180. The van der Waals surface area contributed by atoms with Gasteiger partial charge in [0.1, 0.15) is 0 Å². The van der Waals surface area contributed by atoms with Crippen LogP contribution in [0.5, 0.6) is 0 Å². The summed E-state index contributed by atoms with van der Waals surface area (Å²) in [6.07, 6.45) is 17.0. The molecular weight excluding hydrogens is 647 g/mol. The number of benzene rings is 2. The van der Waals surface area contributed by atoms with Crippen molar-refractivity contribution in [2.75, 3.05) is 0 Å². The zero-order chi connectivity index (χ0) is 24.1. The Bertz CT molecular complexity index is 1130. The van der Waals surface area contributed by atoms with Gasteiger partial charge in [-0.2, -0.15) is 0 Å². The fraction of sp³-hybridized carbons (Fsp3) is 0.485. The monoisotopic (exact) mass is 686 g/mol. The number of allylic oxidation sites excluding steroid dienone is 4. The third-order valence-electron chi connectivity index (χ3n) is 8.24. The first-order chi connectivity index (χ1) is 16.1. The van der Waals surface area contributed by atoms with Crippen LogP contribution in [0.1, 0.15) is 112 Å². The summed E-state index contributed by atoms with van der Waals surface area (Å²) in [4.78, 5) is 0. The molecule has 2 aromatic carbocycles. The topological polar surface area (TPSA) is 0 Å². The molecule has 3 aliphatic carbocycles. The first-order valence-electron chi connectivity index (χ1n) is 13.5. The molecule has 0 atom stereocenters. The van der Waals surface area contributed by atoms with E-state index in [4.69, 9.17) is 0 Å². The fourth-order valence-corrected chi connectivity index (χ4v) is 15.7. The van der Waals surface area contributed by atoms with Crippen molar-refractivity contribution in [3.05, 3.63) is 80.2 Å². The van der Waals surface area contributed by atoms with Crippen molar-refractivity contribution in [3.63, 3.8) is 0 Å². The maximum Gasteiger partial charge on any atom is -1.00 e. The van der Waals surface area contributed by atoms with Gasteiger partial charge < -0.3 is 34.0 Å². The molecule has 1 saturated carbocycles. The van der Waals surface area contributed by atoms with E-state index in [0.29, 0.717) is 3.63 Å². The van der Waals surface area contributed by atoms with Crippen molar-refractivity contribution < 1.29 is 55.2 Å². The number of rotatable bonds is 2. The van der Waals surface area contributed by atoms with E-state index in [1.807, 2.05) is 6.49 Å². The van der Waals surface area contributed by atoms with Crippen molar-refractivity contribution in [2.45, 2.75) is 101 Å². The van der Waals surface area contributed by atoms with E-state index >= 15 is 0 Å². The van der Waals surface area contributed by atoms with Gasteiger partial charge in [0.05, 0.1) is 0 Å². The molecule has 0 radical (unpaired) electrons. The van der Waals surface area contributed by atoms with Crippen LogP contribution in [0, 0.1) is 0 Å². The molecule has 0 aromatic heterocycles. The number of halogens is 2. The minimum absolute atomic E-state index is 0. The molecule has 0 bridgehead atoms. The molecule has 0 spiro atoms. The van der Waals surface area contributed by atoms with Crippen LogP contribution >= 0.6 is 0 Å². The molecule has 0 heterocycles. The average Bonchev–Trinajstić information content (AvgIpc) is 3.32. The molecule has 192 valence electrons. The van der Waals surface area contributed by atoms with Crippen molar-refractivity contribution >= 4 is 3.21 Å². The molecule has 3 heteroatoms. The third-order valence-corrected chi connectivity index (χ3v) is 16.9. The second-order valence-electron chi connectivity index (χ2n) is 12.8. The van der Waals surface area contributed by atoms with Crippen LogP contribution in [-0.4, -0.2) is 3.21 Å². The van der Waals surface area contributed by atoms with Gasteiger partial charge in [-0.05, 0) is 0 Å². The Labute approximate surface area is 248 Å². The second kappa shape index (κ2) is 11.8. The third kappa shape index (κ3) is 5.94. The van der Waals surface area contributed by atoms with Crippen LogP contribution in [-0.2, 0) is 32.1 Å². The molecule has 5 rings (SSSR count). The van der Waals surface area contributed by atoms with Gasteiger partial charge in [0.2, 0.25) is 0 Å². The minimum atomic E-state index is -2.10. The molecule has 0 unspecified atom stereocenters. The van der Waals surface area contributed by atoms with Gasteiger partial charge in [-0.15, -0.1) is 0 Å². The van der Waals surface area contributed by atoms with E-state index in [1.54, 1.807) is 11.1 Å². The molecule has 2 aromatic rings. The Hall–Kier alpha value is -0.367. The van der Waals surface area contributed by atoms with Gasteiger partial charge in [0.25, 0.3) is 0 Å². The van der Waals surface area contributed by atoms with Gasteiger partial charge in [0, 0.05) is 0 Å². The molecule has 0 nitrogen and oxygen atoms in total. The van der Waals surface area contributed by atoms with E-state index < -0.39 is 21.3 Å². The van der Waals surface area contributed by atoms with Gasteiger partial charge in [0.15, 0.2) is 0 Å². The standard InChI is InChI=1S/C21H25.C7H12.C5H5.2BrH.Zr/c1-20(2,3)16-9-7-14-11-15-8-10-17(21(4,5)6)13-19(15)18(14)12-16;1-2-4-6-7-5-3-1;1-2-4-5-3-1;;;/h7-13H,1-6H3;1-6H2;1-3H,4H2;2*1H;/q;;;;;+2/p-2. The summed E-state index contributed by atoms with van der Waals surface area (Å²) < 4.78 is 4.50. The number of fused-ring (bicyclic) bond motifs is 3. The molecule has 1 fully saturated rings. The first kappa shape index (κ1) is 30.2. The number of hydrogen-bond acceptors (Lipinski definition) is 0. The molecule has 0 saturated heterocycles. The first-order valence-corrected chi connectivity index (χ1v) is 17.4. The molecule has 36 heavy (non-hydrogen) atoms. The predicted octanol–water partition coefficient (Wildman–Crippen LogP) is 3.35. The summed E-state index contributed by atoms with van der Waals surface area (Å²) >= 11 is -2.10. The summed E-state index contributed by atoms with van der Waals surface area (Å²) in [6.45, 7) is 14.1. The van der Waals surface area contributed by atoms with E-state index in [-0.39, 0.29) is 44.8 Å².